The number of hydrogen-bond acceptors (Lipinski definition) is 2. The summed E-state index contributed by atoms with van der Waals surface area (Å²) < 4.78 is 0. The van der Waals surface area contributed by atoms with E-state index in [-0.39, 0.29) is 11.3 Å². The maximum Gasteiger partial charge on any atom is 0.326 e. The second kappa shape index (κ2) is 7.90. The Hall–Kier alpha value is -1.32. The van der Waals surface area contributed by atoms with Gasteiger partial charge in [-0.25, -0.2) is 4.79 Å². The summed E-state index contributed by atoms with van der Waals surface area (Å²) >= 11 is 0. The van der Waals surface area contributed by atoms with Crippen molar-refractivity contribution in [3.05, 3.63) is 12.7 Å². The third-order valence-corrected chi connectivity index (χ3v) is 2.62. The van der Waals surface area contributed by atoms with Crippen molar-refractivity contribution in [2.24, 2.45) is 5.41 Å². The summed E-state index contributed by atoms with van der Waals surface area (Å²) in [5, 5.41) is 11.5. The molecule has 2 N–H and O–H groups in total. The highest BCUT2D eigenvalue weighted by atomic mass is 16.4. The molecule has 0 saturated heterocycles. The molecule has 0 fully saturated rings. The number of allylic oxidation sites excluding steroid dienone is 1. The van der Waals surface area contributed by atoms with Gasteiger partial charge in [-0.1, -0.05) is 26.8 Å². The van der Waals surface area contributed by atoms with E-state index in [1.807, 2.05) is 0 Å². The second-order valence-corrected chi connectivity index (χ2v) is 5.74. The zero-order valence-corrected chi connectivity index (χ0v) is 11.7. The molecule has 104 valence electrons. The monoisotopic (exact) mass is 255 g/mol. The number of nitrogens with one attached hydrogen (secondary N) is 1. The Morgan fingerprint density at radius 2 is 2.00 bits per heavy atom. The van der Waals surface area contributed by atoms with Crippen LogP contribution in [-0.4, -0.2) is 23.0 Å². The van der Waals surface area contributed by atoms with Crippen LogP contribution in [0.25, 0.3) is 0 Å². The lowest BCUT2D eigenvalue weighted by molar-refractivity contribution is -0.142. The number of aliphatic carboxylic acids is 1. The minimum atomic E-state index is -0.985. The van der Waals surface area contributed by atoms with Gasteiger partial charge in [0, 0.05) is 6.42 Å². The fourth-order valence-electron chi connectivity index (χ4n) is 1.59. The standard InChI is InChI=1S/C14H25NO3/c1-5-6-8-11(13(17)18)15-12(16)9-7-10-14(2,3)4/h5,11H,1,6-10H2,2-4H3,(H,15,16)(H,17,18). The van der Waals surface area contributed by atoms with Crippen molar-refractivity contribution in [3.63, 3.8) is 0 Å². The van der Waals surface area contributed by atoms with Crippen molar-refractivity contribution in [1.82, 2.24) is 5.32 Å². The van der Waals surface area contributed by atoms with E-state index >= 15 is 0 Å². The normalized spacial score (nSPS) is 12.8. The first-order valence-electron chi connectivity index (χ1n) is 6.39. The van der Waals surface area contributed by atoms with E-state index in [1.54, 1.807) is 6.08 Å². The van der Waals surface area contributed by atoms with E-state index in [1.165, 1.54) is 0 Å². The van der Waals surface area contributed by atoms with Crippen LogP contribution in [0.4, 0.5) is 0 Å². The molecule has 0 rings (SSSR count). The van der Waals surface area contributed by atoms with Crippen LogP contribution in [0.2, 0.25) is 0 Å². The Bertz CT molecular complexity index is 292. The minimum Gasteiger partial charge on any atom is -0.480 e. The summed E-state index contributed by atoms with van der Waals surface area (Å²) in [5.41, 5.74) is 0.204. The Kier molecular flexibility index (Phi) is 7.32. The topological polar surface area (TPSA) is 66.4 Å². The molecule has 18 heavy (non-hydrogen) atoms. The first-order valence-corrected chi connectivity index (χ1v) is 6.39. The van der Waals surface area contributed by atoms with Crippen LogP contribution in [0, 0.1) is 5.41 Å². The lowest BCUT2D eigenvalue weighted by Gasteiger charge is -2.18. The number of amides is 1. The quantitative estimate of drug-likeness (QED) is 0.655. The molecular weight excluding hydrogens is 230 g/mol. The SMILES string of the molecule is C=CCCC(NC(=O)CCCC(C)(C)C)C(=O)O. The van der Waals surface area contributed by atoms with E-state index < -0.39 is 12.0 Å². The van der Waals surface area contributed by atoms with Crippen LogP contribution in [-0.2, 0) is 9.59 Å². The Morgan fingerprint density at radius 1 is 1.39 bits per heavy atom. The van der Waals surface area contributed by atoms with E-state index in [4.69, 9.17) is 5.11 Å². The fraction of sp³-hybridized carbons (Fsp3) is 0.714. The molecule has 1 atom stereocenters. The van der Waals surface area contributed by atoms with Gasteiger partial charge in [-0.2, -0.15) is 0 Å². The number of carboxylic acid groups (broad SMARTS) is 1. The fourth-order valence-corrected chi connectivity index (χ4v) is 1.59. The molecule has 0 aliphatic rings. The van der Waals surface area contributed by atoms with Gasteiger partial charge in [0.05, 0.1) is 0 Å². The average molecular weight is 255 g/mol. The molecule has 0 spiro atoms. The van der Waals surface area contributed by atoms with Gasteiger partial charge in [-0.3, -0.25) is 4.79 Å². The minimum absolute atomic E-state index is 0.185. The van der Waals surface area contributed by atoms with Crippen molar-refractivity contribution < 1.29 is 14.7 Å². The van der Waals surface area contributed by atoms with Crippen LogP contribution in [0.1, 0.15) is 52.9 Å². The maximum atomic E-state index is 11.6. The molecule has 0 aromatic rings. The van der Waals surface area contributed by atoms with Gasteiger partial charge >= 0.3 is 5.97 Å². The highest BCUT2D eigenvalue weighted by Crippen LogP contribution is 2.21. The third-order valence-electron chi connectivity index (χ3n) is 2.62. The van der Waals surface area contributed by atoms with E-state index in [0.29, 0.717) is 19.3 Å². The smallest absolute Gasteiger partial charge is 0.326 e. The summed E-state index contributed by atoms with van der Waals surface area (Å²) in [6.07, 6.45) is 4.74. The molecule has 0 heterocycles. The summed E-state index contributed by atoms with van der Waals surface area (Å²) in [6, 6.07) is -0.801. The molecule has 0 aliphatic heterocycles. The van der Waals surface area contributed by atoms with Crippen molar-refractivity contribution >= 4 is 11.9 Å². The van der Waals surface area contributed by atoms with E-state index in [2.05, 4.69) is 32.7 Å². The van der Waals surface area contributed by atoms with Gasteiger partial charge in [0.2, 0.25) is 5.91 Å². The van der Waals surface area contributed by atoms with E-state index in [9.17, 15) is 9.59 Å². The highest BCUT2D eigenvalue weighted by Gasteiger charge is 2.19. The molecule has 0 aliphatic carbocycles. The molecule has 4 nitrogen and oxygen atoms in total. The molecule has 0 aromatic heterocycles. The second-order valence-electron chi connectivity index (χ2n) is 5.74. The molecule has 1 unspecified atom stereocenters. The zero-order chi connectivity index (χ0) is 14.2. The van der Waals surface area contributed by atoms with Crippen molar-refractivity contribution in [2.45, 2.75) is 58.9 Å². The number of hydrogen-bond donors (Lipinski definition) is 2. The van der Waals surface area contributed by atoms with Gasteiger partial charge in [0.1, 0.15) is 6.04 Å². The predicted molar refractivity (Wildman–Crippen MR) is 72.3 cm³/mol. The van der Waals surface area contributed by atoms with Crippen molar-refractivity contribution in [1.29, 1.82) is 0 Å². The van der Waals surface area contributed by atoms with Crippen LogP contribution >= 0.6 is 0 Å². The molecule has 1 amide bonds. The van der Waals surface area contributed by atoms with E-state index in [0.717, 1.165) is 12.8 Å². The number of carbonyl (C=O) groups is 2. The maximum absolute atomic E-state index is 11.6. The summed E-state index contributed by atoms with van der Waals surface area (Å²) in [7, 11) is 0. The van der Waals surface area contributed by atoms with Crippen LogP contribution in [0.15, 0.2) is 12.7 Å². The molecule has 4 heteroatoms. The highest BCUT2D eigenvalue weighted by molar-refractivity contribution is 5.83. The predicted octanol–water partition coefficient (Wildman–Crippen LogP) is 2.74. The van der Waals surface area contributed by atoms with Crippen LogP contribution in [0.5, 0.6) is 0 Å². The van der Waals surface area contributed by atoms with Crippen molar-refractivity contribution in [3.8, 4) is 0 Å². The average Bonchev–Trinajstić information content (AvgIpc) is 2.21. The number of carbonyl (C=O) groups excluding carboxylic acids is 1. The molecule has 0 aromatic carbocycles. The largest absolute Gasteiger partial charge is 0.480 e. The van der Waals surface area contributed by atoms with Crippen LogP contribution in [0.3, 0.4) is 0 Å². The van der Waals surface area contributed by atoms with Gasteiger partial charge in [0.25, 0.3) is 0 Å². The first-order chi connectivity index (χ1) is 8.26. The molecular formula is C14H25NO3. The van der Waals surface area contributed by atoms with Crippen molar-refractivity contribution in [2.75, 3.05) is 0 Å². The van der Waals surface area contributed by atoms with Gasteiger partial charge in [0.15, 0.2) is 0 Å². The zero-order valence-electron chi connectivity index (χ0n) is 11.7. The summed E-state index contributed by atoms with van der Waals surface area (Å²) in [5.74, 6) is -1.17. The molecule has 0 radical (unpaired) electrons. The summed E-state index contributed by atoms with van der Waals surface area (Å²) in [4.78, 5) is 22.5. The lowest BCUT2D eigenvalue weighted by Crippen LogP contribution is -2.40. The third kappa shape index (κ3) is 8.79. The molecule has 0 bridgehead atoms. The number of carboxylic acids is 1. The first kappa shape index (κ1) is 16.7. The number of rotatable bonds is 8. The Labute approximate surface area is 109 Å². The Morgan fingerprint density at radius 3 is 2.44 bits per heavy atom. The lowest BCUT2D eigenvalue weighted by atomic mass is 9.90. The summed E-state index contributed by atoms with van der Waals surface area (Å²) in [6.45, 7) is 9.90. The van der Waals surface area contributed by atoms with Crippen LogP contribution < -0.4 is 5.32 Å². The van der Waals surface area contributed by atoms with Gasteiger partial charge in [-0.05, 0) is 31.1 Å². The van der Waals surface area contributed by atoms with Gasteiger partial charge in [-0.15, -0.1) is 6.58 Å². The Balaban J connectivity index is 4.02. The van der Waals surface area contributed by atoms with Gasteiger partial charge < -0.3 is 10.4 Å². The molecule has 0 saturated carbocycles.